The van der Waals surface area contributed by atoms with E-state index in [0.29, 0.717) is 0 Å². The molecule has 0 unspecified atom stereocenters. The molecule has 2 atom stereocenters. The van der Waals surface area contributed by atoms with Crippen LogP contribution in [0.3, 0.4) is 0 Å². The normalized spacial score (nSPS) is 21.8. The Labute approximate surface area is 114 Å². The maximum Gasteiger partial charge on any atom is 0.308 e. The molecule has 0 amide bonds. The van der Waals surface area contributed by atoms with Crippen molar-refractivity contribution in [3.05, 3.63) is 11.8 Å². The SMILES string of the molecule is CC(=O)OC[C@@H]1C=C(OC(C)=O)C(=O)[C@@H](OC(C)=O)O1. The van der Waals surface area contributed by atoms with Crippen LogP contribution in [-0.2, 0) is 38.1 Å². The Bertz CT molecular complexity index is 464. The van der Waals surface area contributed by atoms with Gasteiger partial charge in [0, 0.05) is 20.8 Å². The van der Waals surface area contributed by atoms with Gasteiger partial charge in [-0.3, -0.25) is 19.2 Å². The summed E-state index contributed by atoms with van der Waals surface area (Å²) in [6.07, 6.45) is -1.21. The van der Waals surface area contributed by atoms with Gasteiger partial charge in [0.25, 0.3) is 12.1 Å². The number of Topliss-reactive ketones (excluding diaryl/α,β-unsaturated/α-hetero) is 1. The summed E-state index contributed by atoms with van der Waals surface area (Å²) in [7, 11) is 0. The fourth-order valence-electron chi connectivity index (χ4n) is 1.39. The number of hydrogen-bond acceptors (Lipinski definition) is 8. The van der Waals surface area contributed by atoms with E-state index in [4.69, 9.17) is 14.2 Å². The summed E-state index contributed by atoms with van der Waals surface area (Å²) in [5, 5.41) is 0. The first kappa shape index (κ1) is 15.8. The Morgan fingerprint density at radius 1 is 1.15 bits per heavy atom. The Kier molecular flexibility index (Phi) is 5.39. The largest absolute Gasteiger partial charge is 0.463 e. The molecule has 0 N–H and O–H groups in total. The van der Waals surface area contributed by atoms with Gasteiger partial charge in [0.15, 0.2) is 5.76 Å². The zero-order valence-corrected chi connectivity index (χ0v) is 11.2. The number of rotatable bonds is 4. The molecule has 0 aliphatic carbocycles. The third kappa shape index (κ3) is 4.81. The monoisotopic (exact) mass is 286 g/mol. The van der Waals surface area contributed by atoms with Crippen molar-refractivity contribution in [3.63, 3.8) is 0 Å². The van der Waals surface area contributed by atoms with E-state index in [2.05, 4.69) is 4.74 Å². The van der Waals surface area contributed by atoms with E-state index in [1.54, 1.807) is 0 Å². The lowest BCUT2D eigenvalue weighted by Gasteiger charge is -2.26. The van der Waals surface area contributed by atoms with Crippen LogP contribution in [0.2, 0.25) is 0 Å². The Morgan fingerprint density at radius 3 is 2.30 bits per heavy atom. The fourth-order valence-corrected chi connectivity index (χ4v) is 1.39. The molecule has 110 valence electrons. The van der Waals surface area contributed by atoms with Crippen molar-refractivity contribution < 1.29 is 38.1 Å². The van der Waals surface area contributed by atoms with E-state index in [9.17, 15) is 19.2 Å². The van der Waals surface area contributed by atoms with Gasteiger partial charge in [-0.1, -0.05) is 0 Å². The van der Waals surface area contributed by atoms with E-state index < -0.39 is 36.1 Å². The summed E-state index contributed by atoms with van der Waals surface area (Å²) in [6.45, 7) is 3.21. The molecule has 1 rings (SSSR count). The van der Waals surface area contributed by atoms with Crippen molar-refractivity contribution in [2.75, 3.05) is 6.61 Å². The summed E-state index contributed by atoms with van der Waals surface area (Å²) in [6, 6.07) is 0. The van der Waals surface area contributed by atoms with Crippen LogP contribution in [0.15, 0.2) is 11.8 Å². The quantitative estimate of drug-likeness (QED) is 0.519. The number of esters is 3. The zero-order valence-electron chi connectivity index (χ0n) is 11.2. The van der Waals surface area contributed by atoms with Gasteiger partial charge in [0.1, 0.15) is 12.7 Å². The van der Waals surface area contributed by atoms with E-state index in [1.165, 1.54) is 13.0 Å². The highest BCUT2D eigenvalue weighted by atomic mass is 16.7. The Morgan fingerprint density at radius 2 is 1.80 bits per heavy atom. The number of ketones is 1. The minimum atomic E-state index is -1.53. The smallest absolute Gasteiger partial charge is 0.308 e. The summed E-state index contributed by atoms with van der Waals surface area (Å²) in [4.78, 5) is 44.4. The maximum atomic E-state index is 11.8. The maximum absolute atomic E-state index is 11.8. The van der Waals surface area contributed by atoms with Crippen molar-refractivity contribution in [2.45, 2.75) is 33.2 Å². The highest BCUT2D eigenvalue weighted by Gasteiger charge is 2.36. The van der Waals surface area contributed by atoms with E-state index in [1.807, 2.05) is 0 Å². The fraction of sp³-hybridized carbons (Fsp3) is 0.500. The highest BCUT2D eigenvalue weighted by Crippen LogP contribution is 2.19. The molecule has 0 aromatic rings. The summed E-state index contributed by atoms with van der Waals surface area (Å²) in [5.41, 5.74) is 0. The average molecular weight is 286 g/mol. The molecular formula is C12H14O8. The van der Waals surface area contributed by atoms with E-state index >= 15 is 0 Å². The zero-order chi connectivity index (χ0) is 15.3. The van der Waals surface area contributed by atoms with Crippen LogP contribution < -0.4 is 0 Å². The summed E-state index contributed by atoms with van der Waals surface area (Å²) in [5.74, 6) is -3.10. The predicted octanol–water partition coefficient (Wildman–Crippen LogP) is -0.146. The minimum absolute atomic E-state index is 0.203. The highest BCUT2D eigenvalue weighted by molar-refractivity contribution is 5.99. The first-order chi connectivity index (χ1) is 9.29. The van der Waals surface area contributed by atoms with Gasteiger partial charge in [0.05, 0.1) is 0 Å². The van der Waals surface area contributed by atoms with Gasteiger partial charge < -0.3 is 18.9 Å². The topological polar surface area (TPSA) is 105 Å². The lowest BCUT2D eigenvalue weighted by Crippen LogP contribution is -2.40. The molecule has 0 saturated carbocycles. The number of ether oxygens (including phenoxy) is 4. The molecule has 1 heterocycles. The van der Waals surface area contributed by atoms with Crippen molar-refractivity contribution in [1.82, 2.24) is 0 Å². The van der Waals surface area contributed by atoms with Gasteiger partial charge in [-0.2, -0.15) is 0 Å². The van der Waals surface area contributed by atoms with Crippen LogP contribution in [0.5, 0.6) is 0 Å². The molecule has 0 aromatic heterocycles. The Balaban J connectivity index is 2.86. The van der Waals surface area contributed by atoms with Crippen molar-refractivity contribution in [1.29, 1.82) is 0 Å². The number of carbonyl (C=O) groups is 4. The lowest BCUT2D eigenvalue weighted by atomic mass is 10.2. The van der Waals surface area contributed by atoms with E-state index in [0.717, 1.165) is 13.8 Å². The lowest BCUT2D eigenvalue weighted by molar-refractivity contribution is -0.196. The third-order valence-electron chi connectivity index (χ3n) is 2.07. The molecule has 0 bridgehead atoms. The number of hydrogen-bond donors (Lipinski definition) is 0. The van der Waals surface area contributed by atoms with Crippen LogP contribution in [0.25, 0.3) is 0 Å². The summed E-state index contributed by atoms with van der Waals surface area (Å²) >= 11 is 0. The van der Waals surface area contributed by atoms with Gasteiger partial charge in [-0.15, -0.1) is 0 Å². The second-order valence-electron chi connectivity index (χ2n) is 3.91. The first-order valence-electron chi connectivity index (χ1n) is 5.70. The minimum Gasteiger partial charge on any atom is -0.463 e. The van der Waals surface area contributed by atoms with E-state index in [-0.39, 0.29) is 12.4 Å². The second-order valence-corrected chi connectivity index (χ2v) is 3.91. The first-order valence-corrected chi connectivity index (χ1v) is 5.70. The van der Waals surface area contributed by atoms with Crippen molar-refractivity contribution in [2.24, 2.45) is 0 Å². The molecule has 0 spiro atoms. The molecule has 1 aliphatic rings. The molecule has 0 saturated heterocycles. The molecule has 0 radical (unpaired) electrons. The number of carbonyl (C=O) groups excluding carboxylic acids is 4. The van der Waals surface area contributed by atoms with Crippen LogP contribution in [0.4, 0.5) is 0 Å². The predicted molar refractivity (Wildman–Crippen MR) is 61.9 cm³/mol. The van der Waals surface area contributed by atoms with Gasteiger partial charge in [-0.05, 0) is 6.08 Å². The molecule has 8 heteroatoms. The van der Waals surface area contributed by atoms with Gasteiger partial charge in [-0.25, -0.2) is 0 Å². The third-order valence-corrected chi connectivity index (χ3v) is 2.07. The molecule has 1 aliphatic heterocycles. The molecule has 0 aromatic carbocycles. The molecular weight excluding hydrogens is 272 g/mol. The van der Waals surface area contributed by atoms with Crippen molar-refractivity contribution in [3.8, 4) is 0 Å². The molecule has 8 nitrogen and oxygen atoms in total. The standard InChI is InChI=1S/C12H14O8/c1-6(13)17-5-9-4-10(18-7(2)14)11(16)12(20-9)19-8(3)15/h4,9,12H,5H2,1-3H3/t9-,12-/m0/s1. The summed E-state index contributed by atoms with van der Waals surface area (Å²) < 4.78 is 19.2. The van der Waals surface area contributed by atoms with Crippen LogP contribution in [0.1, 0.15) is 20.8 Å². The second kappa shape index (κ2) is 6.80. The van der Waals surface area contributed by atoms with Gasteiger partial charge >= 0.3 is 17.9 Å². The molecule has 0 fully saturated rings. The average Bonchev–Trinajstić information content (AvgIpc) is 2.30. The Hall–Kier alpha value is -2.22. The van der Waals surface area contributed by atoms with Crippen molar-refractivity contribution >= 4 is 23.7 Å². The van der Waals surface area contributed by atoms with Crippen LogP contribution in [0, 0.1) is 0 Å². The van der Waals surface area contributed by atoms with Gasteiger partial charge in [0.2, 0.25) is 0 Å². The molecule has 20 heavy (non-hydrogen) atoms. The van der Waals surface area contributed by atoms with Crippen LogP contribution in [-0.4, -0.2) is 42.7 Å². The van der Waals surface area contributed by atoms with Crippen LogP contribution >= 0.6 is 0 Å².